The van der Waals surface area contributed by atoms with Gasteiger partial charge in [0.2, 0.25) is 5.91 Å². The SMILES string of the molecule is CC[C@@H](NC(=O)CCc1ccc(C)c(C)c1)c1ccccc1C. The van der Waals surface area contributed by atoms with Crippen LogP contribution in [-0.2, 0) is 11.2 Å². The van der Waals surface area contributed by atoms with Crippen LogP contribution in [0.2, 0.25) is 0 Å². The summed E-state index contributed by atoms with van der Waals surface area (Å²) in [6.07, 6.45) is 2.22. The summed E-state index contributed by atoms with van der Waals surface area (Å²) in [6, 6.07) is 14.8. The van der Waals surface area contributed by atoms with Crippen molar-refractivity contribution in [1.29, 1.82) is 0 Å². The number of benzene rings is 2. The molecule has 1 atom stereocenters. The quantitative estimate of drug-likeness (QED) is 0.815. The summed E-state index contributed by atoms with van der Waals surface area (Å²) in [5.41, 5.74) is 6.26. The molecule has 2 aromatic rings. The molecule has 0 aliphatic carbocycles. The van der Waals surface area contributed by atoms with Gasteiger partial charge in [0.05, 0.1) is 6.04 Å². The van der Waals surface area contributed by atoms with E-state index in [1.165, 1.54) is 27.8 Å². The second-order valence-electron chi connectivity index (χ2n) is 6.30. The van der Waals surface area contributed by atoms with Crippen LogP contribution in [0.25, 0.3) is 0 Å². The van der Waals surface area contributed by atoms with Gasteiger partial charge in [-0.05, 0) is 61.4 Å². The highest BCUT2D eigenvalue weighted by molar-refractivity contribution is 5.76. The van der Waals surface area contributed by atoms with Gasteiger partial charge >= 0.3 is 0 Å². The monoisotopic (exact) mass is 309 g/mol. The molecular weight excluding hydrogens is 282 g/mol. The Morgan fingerprint density at radius 1 is 1.00 bits per heavy atom. The van der Waals surface area contributed by atoms with E-state index in [1.807, 2.05) is 12.1 Å². The fourth-order valence-electron chi connectivity index (χ4n) is 2.86. The van der Waals surface area contributed by atoms with Crippen molar-refractivity contribution in [2.75, 3.05) is 0 Å². The first-order valence-corrected chi connectivity index (χ1v) is 8.42. The Kier molecular flexibility index (Phi) is 5.97. The van der Waals surface area contributed by atoms with Gasteiger partial charge < -0.3 is 5.32 Å². The van der Waals surface area contributed by atoms with E-state index in [0.717, 1.165) is 12.8 Å². The maximum Gasteiger partial charge on any atom is 0.220 e. The van der Waals surface area contributed by atoms with Gasteiger partial charge in [0.15, 0.2) is 0 Å². The third-order valence-corrected chi connectivity index (χ3v) is 4.52. The van der Waals surface area contributed by atoms with Gasteiger partial charge in [0.25, 0.3) is 0 Å². The van der Waals surface area contributed by atoms with Crippen LogP contribution in [0.1, 0.15) is 53.6 Å². The van der Waals surface area contributed by atoms with Crippen molar-refractivity contribution < 1.29 is 4.79 Å². The van der Waals surface area contributed by atoms with E-state index in [9.17, 15) is 4.79 Å². The molecule has 1 N–H and O–H groups in total. The molecule has 0 aromatic heterocycles. The Labute approximate surface area is 139 Å². The highest BCUT2D eigenvalue weighted by Crippen LogP contribution is 2.20. The van der Waals surface area contributed by atoms with E-state index in [2.05, 4.69) is 63.3 Å². The van der Waals surface area contributed by atoms with Crippen LogP contribution in [0.3, 0.4) is 0 Å². The zero-order chi connectivity index (χ0) is 16.8. The highest BCUT2D eigenvalue weighted by Gasteiger charge is 2.14. The lowest BCUT2D eigenvalue weighted by molar-refractivity contribution is -0.121. The minimum absolute atomic E-state index is 0.100. The first-order chi connectivity index (χ1) is 11.0. The molecule has 0 saturated heterocycles. The van der Waals surface area contributed by atoms with Gasteiger partial charge in [-0.3, -0.25) is 4.79 Å². The molecule has 0 radical (unpaired) electrons. The molecule has 23 heavy (non-hydrogen) atoms. The van der Waals surface area contributed by atoms with Gasteiger partial charge in [-0.15, -0.1) is 0 Å². The van der Waals surface area contributed by atoms with Gasteiger partial charge in [0, 0.05) is 6.42 Å². The summed E-state index contributed by atoms with van der Waals surface area (Å²) in [4.78, 5) is 12.3. The van der Waals surface area contributed by atoms with Crippen LogP contribution >= 0.6 is 0 Å². The lowest BCUT2D eigenvalue weighted by atomic mass is 9.99. The van der Waals surface area contributed by atoms with E-state index < -0.39 is 0 Å². The van der Waals surface area contributed by atoms with Crippen LogP contribution in [0, 0.1) is 20.8 Å². The maximum atomic E-state index is 12.3. The zero-order valence-electron chi connectivity index (χ0n) is 14.6. The van der Waals surface area contributed by atoms with E-state index in [4.69, 9.17) is 0 Å². The Balaban J connectivity index is 1.95. The minimum atomic E-state index is 0.100. The molecule has 122 valence electrons. The number of amides is 1. The zero-order valence-corrected chi connectivity index (χ0v) is 14.6. The molecule has 0 aliphatic rings. The van der Waals surface area contributed by atoms with Gasteiger partial charge in [-0.25, -0.2) is 0 Å². The fraction of sp³-hybridized carbons (Fsp3) is 0.381. The predicted octanol–water partition coefficient (Wildman–Crippen LogP) is 4.81. The van der Waals surface area contributed by atoms with Crippen molar-refractivity contribution in [2.24, 2.45) is 0 Å². The van der Waals surface area contributed by atoms with Crippen molar-refractivity contribution in [1.82, 2.24) is 5.32 Å². The smallest absolute Gasteiger partial charge is 0.220 e. The topological polar surface area (TPSA) is 29.1 Å². The summed E-state index contributed by atoms with van der Waals surface area (Å²) < 4.78 is 0. The van der Waals surface area contributed by atoms with Gasteiger partial charge in [0.1, 0.15) is 0 Å². The second kappa shape index (κ2) is 7.96. The van der Waals surface area contributed by atoms with Crippen molar-refractivity contribution in [3.63, 3.8) is 0 Å². The summed E-state index contributed by atoms with van der Waals surface area (Å²) >= 11 is 0. The number of carbonyl (C=O) groups is 1. The Hall–Kier alpha value is -2.09. The number of hydrogen-bond acceptors (Lipinski definition) is 1. The summed E-state index contributed by atoms with van der Waals surface area (Å²) in [5.74, 6) is 0.123. The largest absolute Gasteiger partial charge is 0.349 e. The summed E-state index contributed by atoms with van der Waals surface area (Å²) in [7, 11) is 0. The van der Waals surface area contributed by atoms with E-state index in [1.54, 1.807) is 0 Å². The lowest BCUT2D eigenvalue weighted by Crippen LogP contribution is -2.28. The van der Waals surface area contributed by atoms with Gasteiger partial charge in [-0.1, -0.05) is 49.4 Å². The number of carbonyl (C=O) groups excluding carboxylic acids is 1. The summed E-state index contributed by atoms with van der Waals surface area (Å²) in [5, 5.41) is 3.18. The maximum absolute atomic E-state index is 12.3. The standard InChI is InChI=1S/C21H27NO/c1-5-20(19-9-7-6-8-16(19)3)22-21(23)13-12-18-11-10-15(2)17(4)14-18/h6-11,14,20H,5,12-13H2,1-4H3,(H,22,23)/t20-/m1/s1. The molecular formula is C21H27NO. The van der Waals surface area contributed by atoms with Crippen LogP contribution in [0.5, 0.6) is 0 Å². The average molecular weight is 309 g/mol. The molecule has 0 bridgehead atoms. The van der Waals surface area contributed by atoms with E-state index in [0.29, 0.717) is 6.42 Å². The van der Waals surface area contributed by atoms with Crippen LogP contribution < -0.4 is 5.32 Å². The highest BCUT2D eigenvalue weighted by atomic mass is 16.1. The molecule has 0 unspecified atom stereocenters. The molecule has 1 amide bonds. The third kappa shape index (κ3) is 4.69. The molecule has 0 heterocycles. The Morgan fingerprint density at radius 3 is 2.39 bits per heavy atom. The van der Waals surface area contributed by atoms with Crippen molar-refractivity contribution >= 4 is 5.91 Å². The number of rotatable bonds is 6. The van der Waals surface area contributed by atoms with Crippen LogP contribution in [-0.4, -0.2) is 5.91 Å². The molecule has 2 nitrogen and oxygen atoms in total. The van der Waals surface area contributed by atoms with E-state index in [-0.39, 0.29) is 11.9 Å². The van der Waals surface area contributed by atoms with Crippen molar-refractivity contribution in [2.45, 2.75) is 53.0 Å². The third-order valence-electron chi connectivity index (χ3n) is 4.52. The molecule has 0 aliphatic heterocycles. The summed E-state index contributed by atoms with van der Waals surface area (Å²) in [6.45, 7) is 8.43. The molecule has 2 aromatic carbocycles. The van der Waals surface area contributed by atoms with Crippen LogP contribution in [0.4, 0.5) is 0 Å². The average Bonchev–Trinajstić information content (AvgIpc) is 2.54. The lowest BCUT2D eigenvalue weighted by Gasteiger charge is -2.19. The number of aryl methyl sites for hydroxylation is 4. The first kappa shape index (κ1) is 17.3. The number of nitrogens with one attached hydrogen (secondary N) is 1. The number of hydrogen-bond donors (Lipinski definition) is 1. The molecule has 2 rings (SSSR count). The van der Waals surface area contributed by atoms with Gasteiger partial charge in [-0.2, -0.15) is 0 Å². The first-order valence-electron chi connectivity index (χ1n) is 8.42. The minimum Gasteiger partial charge on any atom is -0.349 e. The van der Waals surface area contributed by atoms with E-state index >= 15 is 0 Å². The Bertz CT molecular complexity index is 675. The molecule has 2 heteroatoms. The molecule has 0 fully saturated rings. The van der Waals surface area contributed by atoms with Crippen molar-refractivity contribution in [3.8, 4) is 0 Å². The van der Waals surface area contributed by atoms with Crippen LogP contribution in [0.15, 0.2) is 42.5 Å². The van der Waals surface area contributed by atoms with Crippen molar-refractivity contribution in [3.05, 3.63) is 70.3 Å². The Morgan fingerprint density at radius 2 is 1.74 bits per heavy atom. The predicted molar refractivity (Wildman–Crippen MR) is 96.6 cm³/mol. The molecule has 0 saturated carbocycles. The fourth-order valence-corrected chi connectivity index (χ4v) is 2.86. The second-order valence-corrected chi connectivity index (χ2v) is 6.30. The molecule has 0 spiro atoms. The normalized spacial score (nSPS) is 12.0.